The molecule has 4 rings (SSSR count). The summed E-state index contributed by atoms with van der Waals surface area (Å²) in [5.74, 6) is -0.982. The first kappa shape index (κ1) is 24.0. The van der Waals surface area contributed by atoms with E-state index in [2.05, 4.69) is 9.55 Å². The number of alkyl halides is 3. The monoisotopic (exact) mass is 488 g/mol. The molecule has 178 valence electrons. The van der Waals surface area contributed by atoms with Gasteiger partial charge in [0.15, 0.2) is 6.10 Å². The van der Waals surface area contributed by atoms with Gasteiger partial charge < -0.3 is 14.4 Å². The van der Waals surface area contributed by atoms with Crippen molar-refractivity contribution in [2.24, 2.45) is 0 Å². The Hall–Kier alpha value is -3.17. The van der Waals surface area contributed by atoms with Crippen LogP contribution in [0.1, 0.15) is 28.6 Å². The molecule has 0 aliphatic rings. The minimum Gasteiger partial charge on any atom is -0.479 e. The highest BCUT2D eigenvalue weighted by atomic mass is 32.1. The van der Waals surface area contributed by atoms with Crippen molar-refractivity contribution in [3.05, 3.63) is 76.4 Å². The standard InChI is InChI=1S/C25H23F3N2O3S/c1-3-33-21(24(31)32)13-16-4-9-20-18(12-16)10-11-30(20)14-22-15(2)29-23(34-22)17-5-7-19(8-6-17)25(26,27)28/h4-12,21H,3,13-14H2,1-2H3,(H,31,32). The highest BCUT2D eigenvalue weighted by Gasteiger charge is 2.30. The number of aromatic nitrogens is 2. The van der Waals surface area contributed by atoms with Crippen LogP contribution in [0.25, 0.3) is 21.5 Å². The van der Waals surface area contributed by atoms with Gasteiger partial charge in [-0.05, 0) is 55.1 Å². The van der Waals surface area contributed by atoms with Crippen LogP contribution in [0.15, 0.2) is 54.7 Å². The van der Waals surface area contributed by atoms with Gasteiger partial charge in [0.2, 0.25) is 0 Å². The zero-order chi connectivity index (χ0) is 24.5. The summed E-state index contributed by atoms with van der Waals surface area (Å²) >= 11 is 1.46. The van der Waals surface area contributed by atoms with Crippen molar-refractivity contribution in [1.82, 2.24) is 9.55 Å². The maximum atomic E-state index is 12.8. The lowest BCUT2D eigenvalue weighted by Crippen LogP contribution is -2.26. The molecule has 2 aromatic heterocycles. The fraction of sp³-hybridized carbons (Fsp3) is 0.280. The zero-order valence-corrected chi connectivity index (χ0v) is 19.4. The first-order chi connectivity index (χ1) is 16.2. The van der Waals surface area contributed by atoms with Crippen LogP contribution in [0.4, 0.5) is 13.2 Å². The number of thiazole rings is 1. The molecule has 0 bridgehead atoms. The van der Waals surface area contributed by atoms with Gasteiger partial charge in [0, 0.05) is 35.2 Å². The largest absolute Gasteiger partial charge is 0.479 e. The fourth-order valence-corrected chi connectivity index (χ4v) is 4.87. The van der Waals surface area contributed by atoms with Crippen molar-refractivity contribution < 1.29 is 27.8 Å². The minimum absolute atomic E-state index is 0.286. The van der Waals surface area contributed by atoms with Crippen molar-refractivity contribution in [2.75, 3.05) is 6.61 Å². The smallest absolute Gasteiger partial charge is 0.416 e. The predicted molar refractivity (Wildman–Crippen MR) is 125 cm³/mol. The van der Waals surface area contributed by atoms with Crippen molar-refractivity contribution in [2.45, 2.75) is 39.1 Å². The molecule has 34 heavy (non-hydrogen) atoms. The van der Waals surface area contributed by atoms with Crippen LogP contribution in [0.2, 0.25) is 0 Å². The number of aryl methyl sites for hydroxylation is 1. The fourth-order valence-electron chi connectivity index (χ4n) is 3.80. The van der Waals surface area contributed by atoms with Crippen LogP contribution >= 0.6 is 11.3 Å². The van der Waals surface area contributed by atoms with Gasteiger partial charge in [-0.15, -0.1) is 11.3 Å². The molecule has 1 N–H and O–H groups in total. The summed E-state index contributed by atoms with van der Waals surface area (Å²) in [7, 11) is 0. The lowest BCUT2D eigenvalue weighted by atomic mass is 10.1. The van der Waals surface area contributed by atoms with Gasteiger partial charge >= 0.3 is 12.1 Å². The van der Waals surface area contributed by atoms with E-state index in [-0.39, 0.29) is 6.42 Å². The molecule has 0 aliphatic carbocycles. The normalized spacial score (nSPS) is 12.9. The Morgan fingerprint density at radius 2 is 1.91 bits per heavy atom. The van der Waals surface area contributed by atoms with Crippen LogP contribution in [0, 0.1) is 6.92 Å². The van der Waals surface area contributed by atoms with Crippen molar-refractivity contribution in [1.29, 1.82) is 0 Å². The number of benzene rings is 2. The molecule has 0 saturated heterocycles. The van der Waals surface area contributed by atoms with Gasteiger partial charge in [0.25, 0.3) is 0 Å². The lowest BCUT2D eigenvalue weighted by molar-refractivity contribution is -0.150. The van der Waals surface area contributed by atoms with E-state index in [1.54, 1.807) is 6.92 Å². The first-order valence-electron chi connectivity index (χ1n) is 10.7. The van der Waals surface area contributed by atoms with E-state index in [1.807, 2.05) is 37.4 Å². The zero-order valence-electron chi connectivity index (χ0n) is 18.6. The molecule has 9 heteroatoms. The van der Waals surface area contributed by atoms with Gasteiger partial charge in [-0.3, -0.25) is 0 Å². The maximum absolute atomic E-state index is 12.8. The summed E-state index contributed by atoms with van der Waals surface area (Å²) in [5, 5.41) is 11.0. The highest BCUT2D eigenvalue weighted by Crippen LogP contribution is 2.33. The van der Waals surface area contributed by atoms with Gasteiger partial charge in [-0.1, -0.05) is 18.2 Å². The molecule has 0 amide bonds. The van der Waals surface area contributed by atoms with E-state index in [9.17, 15) is 23.1 Å². The van der Waals surface area contributed by atoms with Crippen LogP contribution in [0.5, 0.6) is 0 Å². The SMILES string of the molecule is CCOC(Cc1ccc2c(ccn2Cc2sc(-c3ccc(C(F)(F)F)cc3)nc2C)c1)C(=O)O. The summed E-state index contributed by atoms with van der Waals surface area (Å²) in [6.45, 7) is 4.56. The third kappa shape index (κ3) is 5.15. The molecule has 0 aliphatic heterocycles. The molecule has 0 radical (unpaired) electrons. The number of carbonyl (C=O) groups is 1. The molecule has 5 nitrogen and oxygen atoms in total. The van der Waals surface area contributed by atoms with E-state index < -0.39 is 23.8 Å². The Morgan fingerprint density at radius 3 is 2.56 bits per heavy atom. The molecule has 1 unspecified atom stereocenters. The second-order valence-electron chi connectivity index (χ2n) is 7.93. The molecule has 0 saturated carbocycles. The summed E-state index contributed by atoms with van der Waals surface area (Å²) < 4.78 is 45.9. The first-order valence-corrected chi connectivity index (χ1v) is 11.5. The highest BCUT2D eigenvalue weighted by molar-refractivity contribution is 7.15. The van der Waals surface area contributed by atoms with Crippen molar-refractivity contribution >= 4 is 28.2 Å². The van der Waals surface area contributed by atoms with E-state index in [0.29, 0.717) is 23.7 Å². The summed E-state index contributed by atoms with van der Waals surface area (Å²) in [6.07, 6.45) is -3.00. The predicted octanol–water partition coefficient (Wildman–Crippen LogP) is 6.17. The number of fused-ring (bicyclic) bond motifs is 1. The second kappa shape index (κ2) is 9.60. The van der Waals surface area contributed by atoms with Crippen LogP contribution < -0.4 is 0 Å². The van der Waals surface area contributed by atoms with E-state index in [4.69, 9.17) is 4.74 Å². The van der Waals surface area contributed by atoms with Gasteiger partial charge in [0.05, 0.1) is 17.8 Å². The maximum Gasteiger partial charge on any atom is 0.416 e. The molecule has 0 spiro atoms. The number of ether oxygens (including phenoxy) is 1. The Morgan fingerprint density at radius 1 is 1.18 bits per heavy atom. The van der Waals surface area contributed by atoms with Crippen molar-refractivity contribution in [3.8, 4) is 10.6 Å². The Balaban J connectivity index is 1.54. The average molecular weight is 489 g/mol. The molecule has 2 heterocycles. The van der Waals surface area contributed by atoms with Crippen molar-refractivity contribution in [3.63, 3.8) is 0 Å². The van der Waals surface area contributed by atoms with Gasteiger partial charge in [0.1, 0.15) is 5.01 Å². The van der Waals surface area contributed by atoms with Crippen LogP contribution in [0.3, 0.4) is 0 Å². The topological polar surface area (TPSA) is 64.4 Å². The summed E-state index contributed by atoms with van der Waals surface area (Å²) in [5.41, 5.74) is 2.68. The Kier molecular flexibility index (Phi) is 6.77. The molecule has 4 aromatic rings. The Bertz CT molecular complexity index is 1310. The minimum atomic E-state index is -4.37. The number of aliphatic carboxylic acids is 1. The summed E-state index contributed by atoms with van der Waals surface area (Å²) in [6, 6.07) is 12.8. The van der Waals surface area contributed by atoms with Crippen LogP contribution in [-0.4, -0.2) is 33.3 Å². The number of hydrogen-bond donors (Lipinski definition) is 1. The van der Waals surface area contributed by atoms with Crippen LogP contribution in [-0.2, 0) is 28.7 Å². The lowest BCUT2D eigenvalue weighted by Gasteiger charge is -2.12. The number of nitrogens with zero attached hydrogens (tertiary/aromatic N) is 2. The number of carboxylic acids is 1. The second-order valence-corrected chi connectivity index (χ2v) is 9.01. The van der Waals surface area contributed by atoms with Gasteiger partial charge in [-0.2, -0.15) is 13.2 Å². The molecular weight excluding hydrogens is 465 g/mol. The molecule has 2 aromatic carbocycles. The third-order valence-corrected chi connectivity index (χ3v) is 6.76. The van der Waals surface area contributed by atoms with E-state index >= 15 is 0 Å². The Labute approximate surface area is 198 Å². The average Bonchev–Trinajstić information content (AvgIpc) is 3.36. The number of halogens is 3. The van der Waals surface area contributed by atoms with E-state index in [0.717, 1.165) is 39.2 Å². The molecule has 0 fully saturated rings. The molecule has 1 atom stereocenters. The number of rotatable bonds is 8. The third-order valence-electron chi connectivity index (χ3n) is 5.57. The number of carboxylic acid groups (broad SMARTS) is 1. The quantitative estimate of drug-likeness (QED) is 0.322. The summed E-state index contributed by atoms with van der Waals surface area (Å²) in [4.78, 5) is 17.0. The van der Waals surface area contributed by atoms with E-state index in [1.165, 1.54) is 23.5 Å². The number of hydrogen-bond acceptors (Lipinski definition) is 4. The van der Waals surface area contributed by atoms with Gasteiger partial charge in [-0.25, -0.2) is 9.78 Å². The molecular formula is C25H23F3N2O3S.